The minimum absolute atomic E-state index is 0.178. The van der Waals surface area contributed by atoms with Gasteiger partial charge in [0.25, 0.3) is 11.8 Å². The predicted octanol–water partition coefficient (Wildman–Crippen LogP) is 4.10. The third-order valence-corrected chi connectivity index (χ3v) is 4.08. The third-order valence-electron chi connectivity index (χ3n) is 4.08. The molecule has 4 aromatic rings. The summed E-state index contributed by atoms with van der Waals surface area (Å²) in [5, 5.41) is 6.41. The van der Waals surface area contributed by atoms with E-state index in [2.05, 4.69) is 15.6 Å². The number of carbonyl (C=O) groups excluding carboxylic acids is 2. The van der Waals surface area contributed by atoms with Crippen LogP contribution in [0.3, 0.4) is 0 Å². The second kappa shape index (κ2) is 8.26. The van der Waals surface area contributed by atoms with Crippen LogP contribution >= 0.6 is 0 Å². The molecular formula is C22H17N3O4. The summed E-state index contributed by atoms with van der Waals surface area (Å²) < 4.78 is 10.6. The average molecular weight is 387 g/mol. The van der Waals surface area contributed by atoms with Crippen LogP contribution in [0.15, 0.2) is 83.6 Å². The molecule has 2 N–H and O–H groups in total. The molecule has 4 rings (SSSR count). The van der Waals surface area contributed by atoms with E-state index in [1.807, 2.05) is 30.3 Å². The molecule has 7 nitrogen and oxygen atoms in total. The lowest BCUT2D eigenvalue weighted by atomic mass is 10.2. The first-order valence-electron chi connectivity index (χ1n) is 8.90. The molecule has 0 bridgehead atoms. The molecule has 0 saturated carbocycles. The summed E-state index contributed by atoms with van der Waals surface area (Å²) in [6.07, 6.45) is 3.03. The molecule has 0 saturated heterocycles. The van der Waals surface area contributed by atoms with Gasteiger partial charge >= 0.3 is 0 Å². The Hall–Kier alpha value is -4.13. The Morgan fingerprint density at radius 3 is 2.69 bits per heavy atom. The zero-order valence-corrected chi connectivity index (χ0v) is 15.3. The van der Waals surface area contributed by atoms with E-state index in [-0.39, 0.29) is 24.2 Å². The summed E-state index contributed by atoms with van der Waals surface area (Å²) in [7, 11) is 0. The molecule has 0 aliphatic heterocycles. The Morgan fingerprint density at radius 1 is 0.931 bits per heavy atom. The largest absolute Gasteiger partial charge is 0.484 e. The van der Waals surface area contributed by atoms with Crippen molar-refractivity contribution in [3.05, 3.63) is 85.0 Å². The van der Waals surface area contributed by atoms with E-state index >= 15 is 0 Å². The summed E-state index contributed by atoms with van der Waals surface area (Å²) >= 11 is 0. The SMILES string of the molecule is O=C(COc1cccc(NC(=O)c2ccco2)c1)Nc1cnc2ccccc2c1. The highest BCUT2D eigenvalue weighted by Gasteiger charge is 2.10. The Bertz CT molecular complexity index is 1160. The quantitative estimate of drug-likeness (QED) is 0.520. The van der Waals surface area contributed by atoms with E-state index in [1.54, 1.807) is 42.6 Å². The maximum absolute atomic E-state index is 12.2. The fourth-order valence-electron chi connectivity index (χ4n) is 2.75. The van der Waals surface area contributed by atoms with Crippen molar-refractivity contribution in [1.29, 1.82) is 0 Å². The van der Waals surface area contributed by atoms with Crippen molar-refractivity contribution in [3.8, 4) is 5.75 Å². The standard InChI is InChI=1S/C22H17N3O4/c26-21(24-17-11-15-5-1-2-8-19(15)23-13-17)14-29-18-7-3-6-16(12-18)25-22(27)20-9-4-10-28-20/h1-13H,14H2,(H,24,26)(H,25,27). The van der Waals surface area contributed by atoms with E-state index in [9.17, 15) is 9.59 Å². The maximum Gasteiger partial charge on any atom is 0.291 e. The Labute approximate surface area is 166 Å². The van der Waals surface area contributed by atoms with E-state index in [0.717, 1.165) is 10.9 Å². The van der Waals surface area contributed by atoms with Gasteiger partial charge in [-0.25, -0.2) is 0 Å². The lowest BCUT2D eigenvalue weighted by Crippen LogP contribution is -2.20. The van der Waals surface area contributed by atoms with Gasteiger partial charge in [0.05, 0.1) is 23.7 Å². The summed E-state index contributed by atoms with van der Waals surface area (Å²) in [4.78, 5) is 28.5. The summed E-state index contributed by atoms with van der Waals surface area (Å²) in [6, 6.07) is 19.5. The Morgan fingerprint density at radius 2 is 1.83 bits per heavy atom. The van der Waals surface area contributed by atoms with Gasteiger partial charge in [0, 0.05) is 17.1 Å². The molecule has 0 radical (unpaired) electrons. The number of anilines is 2. The number of nitrogens with zero attached hydrogens (tertiary/aromatic N) is 1. The van der Waals surface area contributed by atoms with E-state index in [0.29, 0.717) is 17.1 Å². The van der Waals surface area contributed by atoms with Crippen LogP contribution in [0.2, 0.25) is 0 Å². The number of hydrogen-bond donors (Lipinski definition) is 2. The second-order valence-electron chi connectivity index (χ2n) is 6.21. The molecule has 2 aromatic carbocycles. The first-order chi connectivity index (χ1) is 14.2. The van der Waals surface area contributed by atoms with Crippen LogP contribution in [0.25, 0.3) is 10.9 Å². The minimum atomic E-state index is -0.367. The number of carbonyl (C=O) groups is 2. The van der Waals surface area contributed by atoms with Gasteiger partial charge in [-0.1, -0.05) is 24.3 Å². The monoisotopic (exact) mass is 387 g/mol. The smallest absolute Gasteiger partial charge is 0.291 e. The number of ether oxygens (including phenoxy) is 1. The number of para-hydroxylation sites is 1. The van der Waals surface area contributed by atoms with Crippen molar-refractivity contribution >= 4 is 34.1 Å². The van der Waals surface area contributed by atoms with Crippen LogP contribution < -0.4 is 15.4 Å². The van der Waals surface area contributed by atoms with Gasteiger partial charge in [0.15, 0.2) is 12.4 Å². The highest BCUT2D eigenvalue weighted by Crippen LogP contribution is 2.19. The zero-order valence-electron chi connectivity index (χ0n) is 15.3. The molecule has 0 aliphatic rings. The van der Waals surface area contributed by atoms with Crippen molar-refractivity contribution in [2.45, 2.75) is 0 Å². The van der Waals surface area contributed by atoms with Crippen molar-refractivity contribution in [2.24, 2.45) is 0 Å². The second-order valence-corrected chi connectivity index (χ2v) is 6.21. The van der Waals surface area contributed by atoms with Crippen molar-refractivity contribution < 1.29 is 18.7 Å². The first-order valence-corrected chi connectivity index (χ1v) is 8.90. The Kier molecular flexibility index (Phi) is 5.20. The minimum Gasteiger partial charge on any atom is -0.484 e. The number of fused-ring (bicyclic) bond motifs is 1. The molecule has 7 heteroatoms. The number of nitrogens with one attached hydrogen (secondary N) is 2. The van der Waals surface area contributed by atoms with Gasteiger partial charge < -0.3 is 19.8 Å². The highest BCUT2D eigenvalue weighted by molar-refractivity contribution is 6.02. The number of rotatable bonds is 6. The average Bonchev–Trinajstić information content (AvgIpc) is 3.28. The zero-order chi connectivity index (χ0) is 20.1. The Balaban J connectivity index is 1.34. The van der Waals surface area contributed by atoms with E-state index < -0.39 is 0 Å². The van der Waals surface area contributed by atoms with Crippen molar-refractivity contribution in [1.82, 2.24) is 4.98 Å². The first kappa shape index (κ1) is 18.2. The highest BCUT2D eigenvalue weighted by atomic mass is 16.5. The van der Waals surface area contributed by atoms with Crippen LogP contribution in [0.4, 0.5) is 11.4 Å². The van der Waals surface area contributed by atoms with Gasteiger partial charge in [-0.3, -0.25) is 14.6 Å². The molecule has 0 fully saturated rings. The molecule has 0 unspecified atom stereocenters. The molecule has 0 spiro atoms. The number of benzene rings is 2. The lowest BCUT2D eigenvalue weighted by Gasteiger charge is -2.09. The van der Waals surface area contributed by atoms with Crippen LogP contribution in [0.5, 0.6) is 5.75 Å². The summed E-state index contributed by atoms with van der Waals surface area (Å²) in [5.41, 5.74) is 1.98. The molecule has 144 valence electrons. The molecule has 29 heavy (non-hydrogen) atoms. The third kappa shape index (κ3) is 4.59. The van der Waals surface area contributed by atoms with Crippen molar-refractivity contribution in [2.75, 3.05) is 17.2 Å². The number of amides is 2. The van der Waals surface area contributed by atoms with Crippen LogP contribution in [-0.2, 0) is 4.79 Å². The molecule has 2 amide bonds. The molecule has 0 aliphatic carbocycles. The van der Waals surface area contributed by atoms with Gasteiger partial charge in [-0.15, -0.1) is 0 Å². The van der Waals surface area contributed by atoms with Gasteiger partial charge in [0.2, 0.25) is 0 Å². The van der Waals surface area contributed by atoms with Crippen LogP contribution in [-0.4, -0.2) is 23.4 Å². The van der Waals surface area contributed by atoms with Gasteiger partial charge in [-0.05, 0) is 36.4 Å². The summed E-state index contributed by atoms with van der Waals surface area (Å²) in [6.45, 7) is -0.178. The molecular weight excluding hydrogens is 370 g/mol. The number of hydrogen-bond acceptors (Lipinski definition) is 5. The topological polar surface area (TPSA) is 93.5 Å². The number of pyridine rings is 1. The molecule has 2 aromatic heterocycles. The molecule has 0 atom stereocenters. The number of aromatic nitrogens is 1. The van der Waals surface area contributed by atoms with Crippen molar-refractivity contribution in [3.63, 3.8) is 0 Å². The molecule has 2 heterocycles. The van der Waals surface area contributed by atoms with Gasteiger partial charge in [0.1, 0.15) is 5.75 Å². The fourth-order valence-corrected chi connectivity index (χ4v) is 2.75. The van der Waals surface area contributed by atoms with Crippen LogP contribution in [0.1, 0.15) is 10.6 Å². The number of furan rings is 1. The van der Waals surface area contributed by atoms with Crippen LogP contribution in [0, 0.1) is 0 Å². The van der Waals surface area contributed by atoms with Gasteiger partial charge in [-0.2, -0.15) is 0 Å². The maximum atomic E-state index is 12.2. The van der Waals surface area contributed by atoms with E-state index in [4.69, 9.17) is 9.15 Å². The lowest BCUT2D eigenvalue weighted by molar-refractivity contribution is -0.118. The predicted molar refractivity (Wildman–Crippen MR) is 109 cm³/mol. The summed E-state index contributed by atoms with van der Waals surface area (Å²) in [5.74, 6) is -0.0190. The fraction of sp³-hybridized carbons (Fsp3) is 0.0455. The van der Waals surface area contributed by atoms with E-state index in [1.165, 1.54) is 6.26 Å². The normalized spacial score (nSPS) is 10.5.